The van der Waals surface area contributed by atoms with E-state index in [-0.39, 0.29) is 11.8 Å². The second-order valence-corrected chi connectivity index (χ2v) is 8.10. The lowest BCUT2D eigenvalue weighted by Crippen LogP contribution is -2.29. The van der Waals surface area contributed by atoms with Crippen molar-refractivity contribution in [1.29, 1.82) is 0 Å². The standard InChI is InChI=1S/C25H29N3O/c1-28(2)20-13-11-19(12-14-20)22(16-27-25(29)15-18-7-3-4-8-18)23-17-26-24-10-6-5-9-21(23)24/h3,5-7,9-14,17-18,22,26H,4,8,15-16H2,1-2H3,(H,27,29)/t18-,22+/m1/s1. The van der Waals surface area contributed by atoms with Crippen LogP contribution in [0.1, 0.15) is 36.3 Å². The van der Waals surface area contributed by atoms with E-state index in [1.165, 1.54) is 22.2 Å². The summed E-state index contributed by atoms with van der Waals surface area (Å²) in [7, 11) is 4.09. The van der Waals surface area contributed by atoms with Gasteiger partial charge in [-0.3, -0.25) is 4.79 Å². The summed E-state index contributed by atoms with van der Waals surface area (Å²) in [5.74, 6) is 0.627. The summed E-state index contributed by atoms with van der Waals surface area (Å²) >= 11 is 0. The van der Waals surface area contributed by atoms with E-state index in [1.54, 1.807) is 0 Å². The van der Waals surface area contributed by atoms with Crippen LogP contribution in [0.3, 0.4) is 0 Å². The van der Waals surface area contributed by atoms with E-state index in [0.29, 0.717) is 18.9 Å². The molecule has 4 rings (SSSR count). The first kappa shape index (κ1) is 19.3. The zero-order valence-corrected chi connectivity index (χ0v) is 17.2. The summed E-state index contributed by atoms with van der Waals surface area (Å²) in [6.07, 6.45) is 9.20. The third-order valence-corrected chi connectivity index (χ3v) is 5.87. The molecule has 0 spiro atoms. The number of amides is 1. The van der Waals surface area contributed by atoms with Gasteiger partial charge in [-0.1, -0.05) is 42.5 Å². The van der Waals surface area contributed by atoms with E-state index in [1.807, 2.05) is 20.2 Å². The van der Waals surface area contributed by atoms with E-state index in [0.717, 1.165) is 18.4 Å². The highest BCUT2D eigenvalue weighted by atomic mass is 16.1. The van der Waals surface area contributed by atoms with Crippen molar-refractivity contribution in [1.82, 2.24) is 10.3 Å². The van der Waals surface area contributed by atoms with Crippen LogP contribution in [0.2, 0.25) is 0 Å². The molecule has 0 saturated heterocycles. The van der Waals surface area contributed by atoms with Gasteiger partial charge >= 0.3 is 0 Å². The largest absolute Gasteiger partial charge is 0.378 e. The van der Waals surface area contributed by atoms with Crippen LogP contribution >= 0.6 is 0 Å². The molecule has 4 nitrogen and oxygen atoms in total. The van der Waals surface area contributed by atoms with Crippen molar-refractivity contribution >= 4 is 22.5 Å². The second kappa shape index (κ2) is 8.56. The third-order valence-electron chi connectivity index (χ3n) is 5.87. The van der Waals surface area contributed by atoms with Crippen molar-refractivity contribution < 1.29 is 4.79 Å². The van der Waals surface area contributed by atoms with Gasteiger partial charge in [0.1, 0.15) is 0 Å². The Hall–Kier alpha value is -3.01. The molecule has 1 aromatic heterocycles. The number of aromatic nitrogens is 1. The molecule has 4 heteroatoms. The number of anilines is 1. The van der Waals surface area contributed by atoms with Gasteiger partial charge in [0.05, 0.1) is 0 Å². The lowest BCUT2D eigenvalue weighted by molar-refractivity contribution is -0.121. The summed E-state index contributed by atoms with van der Waals surface area (Å²) in [6, 6.07) is 17.0. The predicted molar refractivity (Wildman–Crippen MR) is 120 cm³/mol. The number of allylic oxidation sites excluding steroid dienone is 2. The Bertz CT molecular complexity index is 1000. The lowest BCUT2D eigenvalue weighted by Gasteiger charge is -2.20. The van der Waals surface area contributed by atoms with Crippen molar-refractivity contribution in [3.8, 4) is 0 Å². The molecule has 0 saturated carbocycles. The fraction of sp³-hybridized carbons (Fsp3) is 0.320. The maximum Gasteiger partial charge on any atom is 0.220 e. The van der Waals surface area contributed by atoms with Crippen LogP contribution in [-0.2, 0) is 4.79 Å². The minimum absolute atomic E-state index is 0.102. The number of H-pyrrole nitrogens is 1. The molecule has 1 heterocycles. The van der Waals surface area contributed by atoms with Crippen LogP contribution in [0.4, 0.5) is 5.69 Å². The monoisotopic (exact) mass is 387 g/mol. The third kappa shape index (κ3) is 4.37. The smallest absolute Gasteiger partial charge is 0.220 e. The Morgan fingerprint density at radius 2 is 1.97 bits per heavy atom. The van der Waals surface area contributed by atoms with E-state index in [4.69, 9.17) is 0 Å². The van der Waals surface area contributed by atoms with Gasteiger partial charge in [-0.15, -0.1) is 0 Å². The van der Waals surface area contributed by atoms with Gasteiger partial charge in [-0.25, -0.2) is 0 Å². The van der Waals surface area contributed by atoms with E-state index < -0.39 is 0 Å². The average molecular weight is 388 g/mol. The zero-order chi connectivity index (χ0) is 20.2. The molecule has 2 N–H and O–H groups in total. The molecule has 0 radical (unpaired) electrons. The fourth-order valence-electron chi connectivity index (χ4n) is 4.19. The summed E-state index contributed by atoms with van der Waals surface area (Å²) in [5.41, 5.74) is 4.73. The van der Waals surface area contributed by atoms with Crippen LogP contribution in [0.25, 0.3) is 10.9 Å². The quantitative estimate of drug-likeness (QED) is 0.570. The molecule has 0 fully saturated rings. The number of hydrogen-bond donors (Lipinski definition) is 2. The molecular weight excluding hydrogens is 358 g/mol. The van der Waals surface area contributed by atoms with Gasteiger partial charge in [-0.05, 0) is 48.1 Å². The minimum Gasteiger partial charge on any atom is -0.378 e. The van der Waals surface area contributed by atoms with Crippen LogP contribution in [0.15, 0.2) is 66.9 Å². The highest BCUT2D eigenvalue weighted by molar-refractivity contribution is 5.84. The molecule has 1 aliphatic rings. The minimum atomic E-state index is 0.102. The van der Waals surface area contributed by atoms with Crippen molar-refractivity contribution in [2.45, 2.75) is 25.2 Å². The summed E-state index contributed by atoms with van der Waals surface area (Å²) in [6.45, 7) is 0.596. The molecule has 3 aromatic rings. The van der Waals surface area contributed by atoms with Crippen molar-refractivity contribution in [3.05, 3.63) is 78.0 Å². The number of hydrogen-bond acceptors (Lipinski definition) is 2. The molecule has 29 heavy (non-hydrogen) atoms. The highest BCUT2D eigenvalue weighted by Crippen LogP contribution is 2.31. The molecule has 1 aliphatic carbocycles. The average Bonchev–Trinajstić information content (AvgIpc) is 3.39. The molecule has 150 valence electrons. The van der Waals surface area contributed by atoms with E-state index in [9.17, 15) is 4.79 Å². The van der Waals surface area contributed by atoms with Gasteiger partial charge < -0.3 is 15.2 Å². The second-order valence-electron chi connectivity index (χ2n) is 8.10. The first-order chi connectivity index (χ1) is 14.1. The molecule has 1 amide bonds. The highest BCUT2D eigenvalue weighted by Gasteiger charge is 2.20. The normalized spacial score (nSPS) is 16.8. The maximum atomic E-state index is 12.6. The first-order valence-electron chi connectivity index (χ1n) is 10.4. The molecule has 0 unspecified atom stereocenters. The van der Waals surface area contributed by atoms with Crippen molar-refractivity contribution in [3.63, 3.8) is 0 Å². The number of para-hydroxylation sites is 1. The molecule has 0 aliphatic heterocycles. The molecular formula is C25H29N3O. The Morgan fingerprint density at radius 3 is 2.69 bits per heavy atom. The zero-order valence-electron chi connectivity index (χ0n) is 17.2. The van der Waals surface area contributed by atoms with Crippen LogP contribution in [-0.4, -0.2) is 31.5 Å². The lowest BCUT2D eigenvalue weighted by atomic mass is 9.90. The van der Waals surface area contributed by atoms with Gasteiger partial charge in [0, 0.05) is 55.8 Å². The number of rotatable bonds is 7. The fourth-order valence-corrected chi connectivity index (χ4v) is 4.19. The van der Waals surface area contributed by atoms with Gasteiger partial charge in [0.25, 0.3) is 0 Å². The number of benzene rings is 2. The molecule has 2 aromatic carbocycles. The van der Waals surface area contributed by atoms with E-state index in [2.05, 4.69) is 76.0 Å². The van der Waals surface area contributed by atoms with Crippen molar-refractivity contribution in [2.75, 3.05) is 25.5 Å². The van der Waals surface area contributed by atoms with Gasteiger partial charge in [0.2, 0.25) is 5.91 Å². The number of carbonyl (C=O) groups is 1. The number of nitrogens with one attached hydrogen (secondary N) is 2. The summed E-state index contributed by atoms with van der Waals surface area (Å²) in [5, 5.41) is 4.41. The number of fused-ring (bicyclic) bond motifs is 1. The van der Waals surface area contributed by atoms with Gasteiger partial charge in [-0.2, -0.15) is 0 Å². The Labute approximate surface area is 172 Å². The first-order valence-corrected chi connectivity index (χ1v) is 10.4. The maximum absolute atomic E-state index is 12.6. The predicted octanol–water partition coefficient (Wildman–Crippen LogP) is 4.84. The number of nitrogens with zero attached hydrogens (tertiary/aromatic N) is 1. The van der Waals surface area contributed by atoms with Crippen LogP contribution < -0.4 is 10.2 Å². The Morgan fingerprint density at radius 1 is 1.17 bits per heavy atom. The van der Waals surface area contributed by atoms with Crippen molar-refractivity contribution in [2.24, 2.45) is 5.92 Å². The molecule has 2 atom stereocenters. The van der Waals surface area contributed by atoms with Crippen LogP contribution in [0, 0.1) is 5.92 Å². The summed E-state index contributed by atoms with van der Waals surface area (Å²) in [4.78, 5) is 18.0. The number of carbonyl (C=O) groups excluding carboxylic acids is 1. The summed E-state index contributed by atoms with van der Waals surface area (Å²) < 4.78 is 0. The number of aromatic amines is 1. The van der Waals surface area contributed by atoms with E-state index >= 15 is 0 Å². The Balaban J connectivity index is 1.58. The van der Waals surface area contributed by atoms with Gasteiger partial charge in [0.15, 0.2) is 0 Å². The van der Waals surface area contributed by atoms with Crippen LogP contribution in [0.5, 0.6) is 0 Å². The topological polar surface area (TPSA) is 48.1 Å². The molecule has 0 bridgehead atoms. The SMILES string of the molecule is CN(C)c1ccc([C@H](CNC(=O)C[C@@H]2C=CCC2)c2c[nH]c3ccccc23)cc1. The Kier molecular flexibility index (Phi) is 5.70.